The molecule has 0 fully saturated rings. The van der Waals surface area contributed by atoms with E-state index in [1.165, 1.54) is 31.6 Å². The molecule has 0 aliphatic carbocycles. The molecule has 168 valence electrons. The number of amides is 1. The Balaban J connectivity index is 1.54. The normalized spacial score (nSPS) is 10.7. The third-order valence-corrected chi connectivity index (χ3v) is 5.48. The Kier molecular flexibility index (Phi) is 6.76. The summed E-state index contributed by atoms with van der Waals surface area (Å²) in [7, 11) is 1.44. The van der Waals surface area contributed by atoms with Gasteiger partial charge in [0, 0.05) is 23.7 Å². The Morgan fingerprint density at radius 2 is 2.03 bits per heavy atom. The van der Waals surface area contributed by atoms with Crippen LogP contribution in [-0.2, 0) is 6.61 Å². The Labute approximate surface area is 197 Å². The van der Waals surface area contributed by atoms with E-state index < -0.39 is 11.7 Å². The van der Waals surface area contributed by atoms with Crippen molar-refractivity contribution in [2.24, 2.45) is 0 Å². The van der Waals surface area contributed by atoms with Crippen LogP contribution in [-0.4, -0.2) is 33.2 Å². The molecular formula is C22H17ClFN5O3S. The van der Waals surface area contributed by atoms with Gasteiger partial charge in [-0.25, -0.2) is 4.39 Å². The quantitative estimate of drug-likeness (QED) is 0.396. The van der Waals surface area contributed by atoms with Crippen LogP contribution in [0.2, 0.25) is 5.02 Å². The highest BCUT2D eigenvalue weighted by atomic mass is 35.5. The molecule has 0 unspecified atom stereocenters. The number of rotatable bonds is 7. The summed E-state index contributed by atoms with van der Waals surface area (Å²) in [5.41, 5.74) is 1.97. The van der Waals surface area contributed by atoms with E-state index in [9.17, 15) is 9.18 Å². The zero-order valence-corrected chi connectivity index (χ0v) is 19.1. The number of hydrogen-bond acceptors (Lipinski definition) is 8. The fourth-order valence-corrected chi connectivity index (χ4v) is 3.70. The molecule has 3 aromatic heterocycles. The molecule has 0 atom stereocenters. The molecule has 4 rings (SSSR count). The summed E-state index contributed by atoms with van der Waals surface area (Å²) in [6.45, 7) is 1.92. The number of benzene rings is 1. The highest BCUT2D eigenvalue weighted by molar-refractivity contribution is 7.17. The number of methoxy groups -OCH3 is 1. The summed E-state index contributed by atoms with van der Waals surface area (Å²) < 4.78 is 25.6. The van der Waals surface area contributed by atoms with E-state index in [0.29, 0.717) is 27.7 Å². The number of nitrogens with zero attached hydrogens (tertiary/aromatic N) is 4. The molecule has 0 aliphatic rings. The lowest BCUT2D eigenvalue weighted by Gasteiger charge is -2.14. The van der Waals surface area contributed by atoms with Crippen LogP contribution in [0.5, 0.6) is 10.9 Å². The lowest BCUT2D eigenvalue weighted by Crippen LogP contribution is -2.14. The van der Waals surface area contributed by atoms with Crippen LogP contribution >= 0.6 is 22.9 Å². The molecule has 0 saturated carbocycles. The second-order valence-electron chi connectivity index (χ2n) is 6.77. The molecule has 0 bridgehead atoms. The van der Waals surface area contributed by atoms with E-state index in [1.54, 1.807) is 31.2 Å². The van der Waals surface area contributed by atoms with Crippen molar-refractivity contribution in [3.8, 4) is 22.1 Å². The minimum atomic E-state index is -0.523. The van der Waals surface area contributed by atoms with Gasteiger partial charge in [0.15, 0.2) is 0 Å². The van der Waals surface area contributed by atoms with Gasteiger partial charge in [0.05, 0.1) is 29.0 Å². The van der Waals surface area contributed by atoms with Crippen molar-refractivity contribution >= 4 is 34.0 Å². The number of halogens is 2. The van der Waals surface area contributed by atoms with Crippen LogP contribution in [0.25, 0.3) is 11.1 Å². The van der Waals surface area contributed by atoms with Gasteiger partial charge < -0.3 is 9.47 Å². The van der Waals surface area contributed by atoms with E-state index in [4.69, 9.17) is 21.1 Å². The molecular weight excluding hydrogens is 469 g/mol. The number of aryl methyl sites for hydroxylation is 1. The van der Waals surface area contributed by atoms with Gasteiger partial charge in [0.25, 0.3) is 11.1 Å². The fraction of sp³-hybridized carbons (Fsp3) is 0.136. The van der Waals surface area contributed by atoms with Crippen molar-refractivity contribution in [1.29, 1.82) is 0 Å². The van der Waals surface area contributed by atoms with Gasteiger partial charge in [-0.05, 0) is 48.6 Å². The van der Waals surface area contributed by atoms with Crippen LogP contribution in [0.4, 0.5) is 9.52 Å². The molecule has 1 N–H and O–H groups in total. The molecule has 11 heteroatoms. The van der Waals surface area contributed by atoms with E-state index in [2.05, 4.69) is 25.5 Å². The number of ether oxygens (including phenoxy) is 2. The van der Waals surface area contributed by atoms with Crippen LogP contribution in [0.15, 0.2) is 48.8 Å². The predicted molar refractivity (Wildman–Crippen MR) is 122 cm³/mol. The number of hydrogen-bond donors (Lipinski definition) is 1. The number of nitrogens with one attached hydrogen (secondary N) is 1. The first-order valence-corrected chi connectivity index (χ1v) is 10.8. The molecule has 4 aromatic rings. The molecule has 1 amide bonds. The zero-order chi connectivity index (χ0) is 23.4. The molecule has 3 heterocycles. The Hall–Kier alpha value is -3.63. The van der Waals surface area contributed by atoms with Crippen LogP contribution < -0.4 is 14.8 Å². The lowest BCUT2D eigenvalue weighted by molar-refractivity contribution is 0.102. The highest BCUT2D eigenvalue weighted by Gasteiger charge is 2.21. The summed E-state index contributed by atoms with van der Waals surface area (Å²) in [6, 6.07) is 9.53. The van der Waals surface area contributed by atoms with E-state index in [-0.39, 0.29) is 28.1 Å². The highest BCUT2D eigenvalue weighted by Crippen LogP contribution is 2.35. The molecule has 1 aromatic carbocycles. The summed E-state index contributed by atoms with van der Waals surface area (Å²) in [5.74, 6) is -0.738. The van der Waals surface area contributed by atoms with Crippen molar-refractivity contribution in [1.82, 2.24) is 20.2 Å². The summed E-state index contributed by atoms with van der Waals surface area (Å²) in [5, 5.41) is 11.5. The molecule has 8 nitrogen and oxygen atoms in total. The first-order valence-electron chi connectivity index (χ1n) is 9.62. The maximum atomic E-state index is 14.7. The van der Waals surface area contributed by atoms with Gasteiger partial charge >= 0.3 is 0 Å². The first kappa shape index (κ1) is 22.6. The molecule has 0 saturated heterocycles. The molecule has 0 radical (unpaired) electrons. The van der Waals surface area contributed by atoms with E-state index in [1.807, 2.05) is 0 Å². The average Bonchev–Trinajstić information content (AvgIpc) is 3.25. The number of aromatic nitrogens is 4. The Morgan fingerprint density at radius 3 is 2.79 bits per heavy atom. The van der Waals surface area contributed by atoms with Crippen molar-refractivity contribution in [3.05, 3.63) is 76.6 Å². The van der Waals surface area contributed by atoms with Gasteiger partial charge in [0.1, 0.15) is 18.2 Å². The van der Waals surface area contributed by atoms with Gasteiger partial charge in [-0.15, -0.1) is 5.10 Å². The van der Waals surface area contributed by atoms with Crippen LogP contribution in [0.1, 0.15) is 21.7 Å². The number of anilines is 1. The van der Waals surface area contributed by atoms with Crippen LogP contribution in [0.3, 0.4) is 0 Å². The molecule has 0 aliphatic heterocycles. The third kappa shape index (κ3) is 5.24. The van der Waals surface area contributed by atoms with Crippen molar-refractivity contribution in [2.45, 2.75) is 13.5 Å². The van der Waals surface area contributed by atoms with Gasteiger partial charge in [-0.1, -0.05) is 22.8 Å². The summed E-state index contributed by atoms with van der Waals surface area (Å²) >= 11 is 6.86. The topological polar surface area (TPSA) is 99.1 Å². The Morgan fingerprint density at radius 1 is 1.18 bits per heavy atom. The van der Waals surface area contributed by atoms with Crippen LogP contribution in [0, 0.1) is 12.7 Å². The molecule has 33 heavy (non-hydrogen) atoms. The smallest absolute Gasteiger partial charge is 0.296 e. The zero-order valence-electron chi connectivity index (χ0n) is 17.5. The van der Waals surface area contributed by atoms with E-state index >= 15 is 0 Å². The number of carbonyl (C=O) groups is 1. The van der Waals surface area contributed by atoms with Gasteiger partial charge in [-0.2, -0.15) is 0 Å². The number of carbonyl (C=O) groups excluding carboxylic acids is 1. The maximum absolute atomic E-state index is 14.7. The number of pyridine rings is 2. The molecule has 0 spiro atoms. The minimum absolute atomic E-state index is 0.159. The average molecular weight is 486 g/mol. The monoisotopic (exact) mass is 485 g/mol. The van der Waals surface area contributed by atoms with Gasteiger partial charge in [-0.3, -0.25) is 20.1 Å². The largest absolute Gasteiger partial charge is 0.496 e. The predicted octanol–water partition coefficient (Wildman–Crippen LogP) is 4.94. The SMILES string of the molecule is COc1cccc(F)c1-c1cc(C)ncc1C(=O)Nc1nnc(OCc2ccc(Cl)cn2)s1. The third-order valence-electron chi connectivity index (χ3n) is 4.51. The van der Waals surface area contributed by atoms with Crippen molar-refractivity contribution in [3.63, 3.8) is 0 Å². The van der Waals surface area contributed by atoms with Crippen molar-refractivity contribution in [2.75, 3.05) is 12.4 Å². The minimum Gasteiger partial charge on any atom is -0.496 e. The lowest BCUT2D eigenvalue weighted by atomic mass is 9.98. The maximum Gasteiger partial charge on any atom is 0.296 e. The first-order chi connectivity index (χ1) is 15.9. The standard InChI is InChI=1S/C22H17ClFN5O3S/c1-12-8-15(19-17(24)4-3-5-18(19)31-2)16(10-25-12)20(30)27-21-28-29-22(33-21)32-11-14-7-6-13(23)9-26-14/h3-10H,11H2,1-2H3,(H,27,28,30). The van der Waals surface area contributed by atoms with E-state index in [0.717, 1.165) is 11.3 Å². The second kappa shape index (κ2) is 9.88. The Bertz CT molecular complexity index is 1300. The van der Waals surface area contributed by atoms with Crippen molar-refractivity contribution < 1.29 is 18.7 Å². The summed E-state index contributed by atoms with van der Waals surface area (Å²) in [4.78, 5) is 21.3. The second-order valence-corrected chi connectivity index (χ2v) is 8.15. The fourth-order valence-electron chi connectivity index (χ4n) is 2.99. The van der Waals surface area contributed by atoms with Gasteiger partial charge in [0.2, 0.25) is 5.13 Å². The summed E-state index contributed by atoms with van der Waals surface area (Å²) in [6.07, 6.45) is 2.90.